The number of hydrogen-bond acceptors (Lipinski definition) is 5. The minimum Gasteiger partial charge on any atom is -0.497 e. The molecule has 0 unspecified atom stereocenters. The molecule has 6 heteroatoms. The first-order valence-corrected chi connectivity index (χ1v) is 8.81. The quantitative estimate of drug-likeness (QED) is 0.706. The average Bonchev–Trinajstić information content (AvgIpc) is 2.63. The molecule has 1 aromatic carbocycles. The van der Waals surface area contributed by atoms with Crippen molar-refractivity contribution in [1.82, 2.24) is 10.3 Å². The van der Waals surface area contributed by atoms with E-state index in [0.29, 0.717) is 24.8 Å². The number of carbonyl (C=O) groups excluding carboxylic acids is 1. The summed E-state index contributed by atoms with van der Waals surface area (Å²) in [6.45, 7) is 3.06. The molecule has 128 valence electrons. The number of nitrogens with zero attached hydrogens (tertiary/aromatic N) is 1. The Hall–Kier alpha value is -2.21. The summed E-state index contributed by atoms with van der Waals surface area (Å²) in [4.78, 5) is 17.3. The van der Waals surface area contributed by atoms with Crippen molar-refractivity contribution in [3.05, 3.63) is 48.2 Å². The summed E-state index contributed by atoms with van der Waals surface area (Å²) in [6, 6.07) is 11.4. The SMILES string of the molecule is CCCOc1ncccc1CNC(=O)CSc1cccc(OC)c1. The van der Waals surface area contributed by atoms with Crippen LogP contribution in [0.2, 0.25) is 0 Å². The highest BCUT2D eigenvalue weighted by Crippen LogP contribution is 2.22. The molecule has 2 rings (SSSR count). The largest absolute Gasteiger partial charge is 0.497 e. The number of benzene rings is 1. The number of rotatable bonds is 9. The fourth-order valence-electron chi connectivity index (χ4n) is 1.97. The van der Waals surface area contributed by atoms with Crippen LogP contribution in [-0.2, 0) is 11.3 Å². The van der Waals surface area contributed by atoms with E-state index in [4.69, 9.17) is 9.47 Å². The summed E-state index contributed by atoms with van der Waals surface area (Å²) in [5.74, 6) is 1.68. The van der Waals surface area contributed by atoms with Crippen molar-refractivity contribution in [1.29, 1.82) is 0 Å². The number of aromatic nitrogens is 1. The third-order valence-electron chi connectivity index (χ3n) is 3.18. The van der Waals surface area contributed by atoms with E-state index in [9.17, 15) is 4.79 Å². The molecule has 24 heavy (non-hydrogen) atoms. The van der Waals surface area contributed by atoms with Crippen LogP contribution in [-0.4, -0.2) is 30.4 Å². The Morgan fingerprint density at radius 2 is 2.17 bits per heavy atom. The first-order valence-electron chi connectivity index (χ1n) is 7.83. The standard InChI is InChI=1S/C18H22N2O3S/c1-3-10-23-18-14(6-5-9-19-18)12-20-17(21)13-24-16-8-4-7-15(11-16)22-2/h4-9,11H,3,10,12-13H2,1-2H3,(H,20,21). The highest BCUT2D eigenvalue weighted by molar-refractivity contribution is 8.00. The maximum Gasteiger partial charge on any atom is 0.230 e. The fourth-order valence-corrected chi connectivity index (χ4v) is 2.75. The van der Waals surface area contributed by atoms with E-state index in [2.05, 4.69) is 10.3 Å². The summed E-state index contributed by atoms with van der Waals surface area (Å²) in [5, 5.41) is 2.90. The normalized spacial score (nSPS) is 10.2. The van der Waals surface area contributed by atoms with Crippen molar-refractivity contribution < 1.29 is 14.3 Å². The van der Waals surface area contributed by atoms with Crippen LogP contribution in [0.1, 0.15) is 18.9 Å². The molecule has 1 heterocycles. The lowest BCUT2D eigenvalue weighted by atomic mass is 10.2. The molecule has 1 amide bonds. The van der Waals surface area contributed by atoms with Gasteiger partial charge in [0.1, 0.15) is 5.75 Å². The van der Waals surface area contributed by atoms with Crippen LogP contribution in [0, 0.1) is 0 Å². The van der Waals surface area contributed by atoms with E-state index in [-0.39, 0.29) is 5.91 Å². The van der Waals surface area contributed by atoms with Gasteiger partial charge in [-0.3, -0.25) is 4.79 Å². The second-order valence-electron chi connectivity index (χ2n) is 5.06. The minimum atomic E-state index is -0.0342. The van der Waals surface area contributed by atoms with Crippen molar-refractivity contribution in [2.75, 3.05) is 19.5 Å². The Morgan fingerprint density at radius 1 is 1.29 bits per heavy atom. The zero-order chi connectivity index (χ0) is 17.2. The summed E-state index contributed by atoms with van der Waals surface area (Å²) in [6.07, 6.45) is 2.61. The van der Waals surface area contributed by atoms with Crippen LogP contribution in [0.25, 0.3) is 0 Å². The number of thioether (sulfide) groups is 1. The lowest BCUT2D eigenvalue weighted by Crippen LogP contribution is -2.25. The van der Waals surface area contributed by atoms with E-state index < -0.39 is 0 Å². The van der Waals surface area contributed by atoms with Crippen LogP contribution in [0.5, 0.6) is 11.6 Å². The zero-order valence-corrected chi connectivity index (χ0v) is 14.8. The van der Waals surface area contributed by atoms with Gasteiger partial charge >= 0.3 is 0 Å². The summed E-state index contributed by atoms with van der Waals surface area (Å²) in [7, 11) is 1.63. The number of hydrogen-bond donors (Lipinski definition) is 1. The van der Waals surface area contributed by atoms with Crippen LogP contribution in [0.4, 0.5) is 0 Å². The smallest absolute Gasteiger partial charge is 0.230 e. The monoisotopic (exact) mass is 346 g/mol. The first-order chi connectivity index (χ1) is 11.7. The van der Waals surface area contributed by atoms with Gasteiger partial charge in [-0.2, -0.15) is 0 Å². The van der Waals surface area contributed by atoms with Gasteiger partial charge in [-0.25, -0.2) is 4.98 Å². The maximum absolute atomic E-state index is 12.0. The molecule has 1 N–H and O–H groups in total. The molecule has 2 aromatic rings. The van der Waals surface area contributed by atoms with Crippen molar-refractivity contribution in [2.24, 2.45) is 0 Å². The maximum atomic E-state index is 12.0. The number of methoxy groups -OCH3 is 1. The Kier molecular flexibility index (Phi) is 7.42. The third kappa shape index (κ3) is 5.77. The summed E-state index contributed by atoms with van der Waals surface area (Å²) < 4.78 is 10.8. The van der Waals surface area contributed by atoms with Crippen molar-refractivity contribution in [3.8, 4) is 11.6 Å². The summed E-state index contributed by atoms with van der Waals surface area (Å²) >= 11 is 1.47. The molecule has 0 aliphatic rings. The Bertz CT molecular complexity index is 664. The molecule has 0 aliphatic carbocycles. The summed E-state index contributed by atoms with van der Waals surface area (Å²) in [5.41, 5.74) is 0.880. The van der Waals surface area contributed by atoms with Gasteiger partial charge in [0.15, 0.2) is 0 Å². The van der Waals surface area contributed by atoms with Gasteiger partial charge in [0.25, 0.3) is 0 Å². The minimum absolute atomic E-state index is 0.0342. The number of ether oxygens (including phenoxy) is 2. The number of carbonyl (C=O) groups is 1. The molecule has 0 atom stereocenters. The molecular formula is C18H22N2O3S. The highest BCUT2D eigenvalue weighted by atomic mass is 32.2. The van der Waals surface area contributed by atoms with Gasteiger partial charge in [-0.15, -0.1) is 11.8 Å². The zero-order valence-electron chi connectivity index (χ0n) is 14.0. The van der Waals surface area contributed by atoms with Gasteiger partial charge in [0.2, 0.25) is 11.8 Å². The second kappa shape index (κ2) is 9.82. The molecule has 0 spiro atoms. The lowest BCUT2D eigenvalue weighted by molar-refractivity contribution is -0.118. The molecule has 1 aromatic heterocycles. The van der Waals surface area contributed by atoms with Crippen molar-refractivity contribution in [3.63, 3.8) is 0 Å². The Balaban J connectivity index is 1.83. The predicted molar refractivity (Wildman–Crippen MR) is 95.6 cm³/mol. The van der Waals surface area contributed by atoms with Crippen LogP contribution in [0.3, 0.4) is 0 Å². The lowest BCUT2D eigenvalue weighted by Gasteiger charge is -2.10. The Morgan fingerprint density at radius 3 is 2.96 bits per heavy atom. The van der Waals surface area contributed by atoms with Crippen LogP contribution < -0.4 is 14.8 Å². The van der Waals surface area contributed by atoms with E-state index in [0.717, 1.165) is 22.6 Å². The number of pyridine rings is 1. The first kappa shape index (κ1) is 18.1. The van der Waals surface area contributed by atoms with E-state index in [1.54, 1.807) is 13.3 Å². The van der Waals surface area contributed by atoms with Crippen LogP contribution in [0.15, 0.2) is 47.5 Å². The van der Waals surface area contributed by atoms with E-state index in [1.165, 1.54) is 11.8 Å². The topological polar surface area (TPSA) is 60.5 Å². The van der Waals surface area contributed by atoms with Gasteiger partial charge in [-0.05, 0) is 30.7 Å². The molecule has 0 saturated carbocycles. The molecule has 0 fully saturated rings. The second-order valence-corrected chi connectivity index (χ2v) is 6.11. The van der Waals surface area contributed by atoms with Crippen molar-refractivity contribution >= 4 is 17.7 Å². The number of amides is 1. The van der Waals surface area contributed by atoms with Crippen molar-refractivity contribution in [2.45, 2.75) is 24.8 Å². The molecule has 0 aliphatic heterocycles. The molecular weight excluding hydrogens is 324 g/mol. The van der Waals surface area contributed by atoms with Gasteiger partial charge in [-0.1, -0.05) is 19.1 Å². The van der Waals surface area contributed by atoms with E-state index in [1.807, 2.05) is 43.3 Å². The number of nitrogens with one attached hydrogen (secondary N) is 1. The highest BCUT2D eigenvalue weighted by Gasteiger charge is 2.08. The third-order valence-corrected chi connectivity index (χ3v) is 4.17. The van der Waals surface area contributed by atoms with Crippen LogP contribution >= 0.6 is 11.8 Å². The molecule has 0 saturated heterocycles. The molecule has 5 nitrogen and oxygen atoms in total. The predicted octanol–water partition coefficient (Wildman–Crippen LogP) is 3.29. The fraction of sp³-hybridized carbons (Fsp3) is 0.333. The molecule has 0 bridgehead atoms. The van der Waals surface area contributed by atoms with Gasteiger partial charge in [0, 0.05) is 23.2 Å². The van der Waals surface area contributed by atoms with Gasteiger partial charge < -0.3 is 14.8 Å². The van der Waals surface area contributed by atoms with E-state index >= 15 is 0 Å². The molecule has 0 radical (unpaired) electrons. The van der Waals surface area contributed by atoms with Gasteiger partial charge in [0.05, 0.1) is 19.5 Å². The average molecular weight is 346 g/mol. The Labute approximate surface area is 146 Å².